The van der Waals surface area contributed by atoms with Gasteiger partial charge in [-0.1, -0.05) is 30.3 Å². The van der Waals surface area contributed by atoms with Gasteiger partial charge < -0.3 is 10.2 Å². The zero-order valence-corrected chi connectivity index (χ0v) is 16.7. The highest BCUT2D eigenvalue weighted by atomic mass is 16.2. The number of amides is 2. The summed E-state index contributed by atoms with van der Waals surface area (Å²) in [5, 5.41) is 2.79. The fourth-order valence-electron chi connectivity index (χ4n) is 3.68. The minimum Gasteiger partial charge on any atom is -0.322 e. The van der Waals surface area contributed by atoms with Crippen molar-refractivity contribution < 1.29 is 14.4 Å². The number of anilines is 2. The molecule has 0 saturated heterocycles. The molecule has 0 fully saturated rings. The van der Waals surface area contributed by atoms with Crippen LogP contribution >= 0.6 is 0 Å². The quantitative estimate of drug-likeness (QED) is 0.646. The summed E-state index contributed by atoms with van der Waals surface area (Å²) >= 11 is 0. The van der Waals surface area contributed by atoms with Crippen molar-refractivity contribution in [3.63, 3.8) is 0 Å². The Balaban J connectivity index is 1.49. The van der Waals surface area contributed by atoms with Gasteiger partial charge in [-0.15, -0.1) is 0 Å². The van der Waals surface area contributed by atoms with Gasteiger partial charge in [-0.2, -0.15) is 0 Å². The van der Waals surface area contributed by atoms with Crippen LogP contribution in [-0.2, 0) is 6.42 Å². The summed E-state index contributed by atoms with van der Waals surface area (Å²) in [6.45, 7) is 2.17. The molecule has 0 spiro atoms. The Morgan fingerprint density at radius 2 is 1.57 bits per heavy atom. The molecule has 1 aliphatic heterocycles. The van der Waals surface area contributed by atoms with E-state index in [-0.39, 0.29) is 17.6 Å². The molecule has 0 unspecified atom stereocenters. The molecule has 150 valence electrons. The Morgan fingerprint density at radius 1 is 0.833 bits per heavy atom. The second kappa shape index (κ2) is 8.33. The summed E-state index contributed by atoms with van der Waals surface area (Å²) in [5.74, 6) is -0.422. The standard InChI is InChI=1S/C25H22N2O3/c1-17(28)21-7-4-9-22(16-21)26-24(29)19-11-13-20(14-12-19)25(30)27-15-5-8-18-6-2-3-10-23(18)27/h2-4,6-7,9-14,16H,5,8,15H2,1H3,(H,26,29). The van der Waals surface area contributed by atoms with Gasteiger partial charge in [0.2, 0.25) is 0 Å². The predicted molar refractivity (Wildman–Crippen MR) is 117 cm³/mol. The van der Waals surface area contributed by atoms with Gasteiger partial charge in [0.1, 0.15) is 0 Å². The molecular formula is C25H22N2O3. The number of aryl methyl sites for hydroxylation is 1. The molecule has 0 bridgehead atoms. The van der Waals surface area contributed by atoms with E-state index in [9.17, 15) is 14.4 Å². The molecule has 3 aromatic rings. The van der Waals surface area contributed by atoms with E-state index in [0.717, 1.165) is 18.5 Å². The number of carbonyl (C=O) groups is 3. The van der Waals surface area contributed by atoms with Gasteiger partial charge in [0.15, 0.2) is 5.78 Å². The first kappa shape index (κ1) is 19.6. The van der Waals surface area contributed by atoms with Gasteiger partial charge in [0, 0.05) is 34.6 Å². The summed E-state index contributed by atoms with van der Waals surface area (Å²) in [5.41, 5.74) is 4.22. The fourth-order valence-corrected chi connectivity index (χ4v) is 3.68. The average molecular weight is 398 g/mol. The van der Waals surface area contributed by atoms with E-state index >= 15 is 0 Å². The Labute approximate surface area is 175 Å². The molecule has 0 aromatic heterocycles. The van der Waals surface area contributed by atoms with Crippen molar-refractivity contribution in [2.24, 2.45) is 0 Å². The Kier molecular flexibility index (Phi) is 5.44. The third kappa shape index (κ3) is 4.01. The molecule has 3 aromatic carbocycles. The van der Waals surface area contributed by atoms with Crippen LogP contribution in [0.1, 0.15) is 50.0 Å². The van der Waals surface area contributed by atoms with Crippen LogP contribution in [0.15, 0.2) is 72.8 Å². The van der Waals surface area contributed by atoms with E-state index in [0.29, 0.717) is 28.9 Å². The van der Waals surface area contributed by atoms with Crippen molar-refractivity contribution in [2.45, 2.75) is 19.8 Å². The molecule has 5 heteroatoms. The minimum atomic E-state index is -0.294. The van der Waals surface area contributed by atoms with E-state index in [1.807, 2.05) is 18.2 Å². The lowest BCUT2D eigenvalue weighted by Gasteiger charge is -2.29. The first-order chi connectivity index (χ1) is 14.5. The summed E-state index contributed by atoms with van der Waals surface area (Å²) in [6, 6.07) is 21.4. The number of fused-ring (bicyclic) bond motifs is 1. The molecule has 1 N–H and O–H groups in total. The maximum Gasteiger partial charge on any atom is 0.258 e. The van der Waals surface area contributed by atoms with E-state index < -0.39 is 0 Å². The lowest BCUT2D eigenvalue weighted by Crippen LogP contribution is -2.35. The average Bonchev–Trinajstić information content (AvgIpc) is 2.78. The van der Waals surface area contributed by atoms with Gasteiger partial charge >= 0.3 is 0 Å². The van der Waals surface area contributed by atoms with Gasteiger partial charge in [0.05, 0.1) is 0 Å². The van der Waals surface area contributed by atoms with E-state index in [1.165, 1.54) is 12.5 Å². The van der Waals surface area contributed by atoms with E-state index in [1.54, 1.807) is 53.4 Å². The van der Waals surface area contributed by atoms with Crippen LogP contribution in [0.4, 0.5) is 11.4 Å². The molecule has 30 heavy (non-hydrogen) atoms. The minimum absolute atomic E-state index is 0.0618. The van der Waals surface area contributed by atoms with Crippen molar-refractivity contribution in [2.75, 3.05) is 16.8 Å². The third-order valence-electron chi connectivity index (χ3n) is 5.28. The molecule has 0 atom stereocenters. The zero-order valence-electron chi connectivity index (χ0n) is 16.7. The number of nitrogens with one attached hydrogen (secondary N) is 1. The van der Waals surface area contributed by atoms with Crippen molar-refractivity contribution in [1.82, 2.24) is 0 Å². The summed E-state index contributed by atoms with van der Waals surface area (Å²) < 4.78 is 0. The second-order valence-electron chi connectivity index (χ2n) is 7.36. The number of benzene rings is 3. The van der Waals surface area contributed by atoms with Crippen LogP contribution in [0.5, 0.6) is 0 Å². The van der Waals surface area contributed by atoms with E-state index in [4.69, 9.17) is 0 Å². The second-order valence-corrected chi connectivity index (χ2v) is 7.36. The molecular weight excluding hydrogens is 376 g/mol. The molecule has 5 nitrogen and oxygen atoms in total. The summed E-state index contributed by atoms with van der Waals surface area (Å²) in [4.78, 5) is 38.9. The zero-order chi connectivity index (χ0) is 21.1. The lowest BCUT2D eigenvalue weighted by molar-refractivity contribution is 0.0981. The Bertz CT molecular complexity index is 1120. The molecule has 1 aliphatic rings. The monoisotopic (exact) mass is 398 g/mol. The number of ketones is 1. The maximum atomic E-state index is 13.0. The topological polar surface area (TPSA) is 66.5 Å². The number of nitrogens with zero attached hydrogens (tertiary/aromatic N) is 1. The molecule has 0 aliphatic carbocycles. The van der Waals surface area contributed by atoms with Crippen molar-refractivity contribution >= 4 is 29.0 Å². The smallest absolute Gasteiger partial charge is 0.258 e. The molecule has 0 saturated carbocycles. The van der Waals surface area contributed by atoms with Gasteiger partial charge in [0.25, 0.3) is 11.8 Å². The normalized spacial score (nSPS) is 12.8. The van der Waals surface area contributed by atoms with Crippen molar-refractivity contribution in [3.8, 4) is 0 Å². The largest absolute Gasteiger partial charge is 0.322 e. The van der Waals surface area contributed by atoms with Crippen molar-refractivity contribution in [3.05, 3.63) is 95.1 Å². The van der Waals surface area contributed by atoms with Crippen LogP contribution in [-0.4, -0.2) is 24.1 Å². The number of hydrogen-bond acceptors (Lipinski definition) is 3. The van der Waals surface area contributed by atoms with Gasteiger partial charge in [-0.25, -0.2) is 0 Å². The maximum absolute atomic E-state index is 13.0. The number of carbonyl (C=O) groups excluding carboxylic acids is 3. The Hall–Kier alpha value is -3.73. The predicted octanol–water partition coefficient (Wildman–Crippen LogP) is 4.73. The SMILES string of the molecule is CC(=O)c1cccc(NC(=O)c2ccc(C(=O)N3CCCc4ccccc43)cc2)c1. The van der Waals surface area contributed by atoms with Crippen molar-refractivity contribution in [1.29, 1.82) is 0 Å². The van der Waals surface area contributed by atoms with Crippen LogP contribution in [0.2, 0.25) is 0 Å². The Morgan fingerprint density at radius 3 is 2.33 bits per heavy atom. The summed E-state index contributed by atoms with van der Waals surface area (Å²) in [6.07, 6.45) is 1.91. The summed E-state index contributed by atoms with van der Waals surface area (Å²) in [7, 11) is 0. The molecule has 4 rings (SSSR count). The first-order valence-electron chi connectivity index (χ1n) is 9.95. The molecule has 1 heterocycles. The van der Waals surface area contributed by atoms with Crippen LogP contribution in [0, 0.1) is 0 Å². The molecule has 2 amide bonds. The van der Waals surface area contributed by atoms with Gasteiger partial charge in [-0.05, 0) is 67.8 Å². The number of hydrogen-bond donors (Lipinski definition) is 1. The first-order valence-corrected chi connectivity index (χ1v) is 9.95. The lowest BCUT2D eigenvalue weighted by atomic mass is 10.0. The van der Waals surface area contributed by atoms with Crippen LogP contribution < -0.4 is 10.2 Å². The number of para-hydroxylation sites is 1. The highest BCUT2D eigenvalue weighted by molar-refractivity contribution is 6.08. The highest BCUT2D eigenvalue weighted by Crippen LogP contribution is 2.28. The van der Waals surface area contributed by atoms with Crippen LogP contribution in [0.25, 0.3) is 0 Å². The van der Waals surface area contributed by atoms with Crippen LogP contribution in [0.3, 0.4) is 0 Å². The number of rotatable bonds is 4. The van der Waals surface area contributed by atoms with E-state index in [2.05, 4.69) is 11.4 Å². The van der Waals surface area contributed by atoms with Gasteiger partial charge in [-0.3, -0.25) is 14.4 Å². The highest BCUT2D eigenvalue weighted by Gasteiger charge is 2.23. The third-order valence-corrected chi connectivity index (χ3v) is 5.28. The fraction of sp³-hybridized carbons (Fsp3) is 0.160. The number of Topliss-reactive ketones (excluding diaryl/α,β-unsaturated/α-hetero) is 1. The molecule has 0 radical (unpaired) electrons.